The van der Waals surface area contributed by atoms with E-state index in [0.717, 1.165) is 13.1 Å². The molecule has 2 unspecified atom stereocenters. The number of hydrogen-bond acceptors (Lipinski definition) is 4. The van der Waals surface area contributed by atoms with Crippen LogP contribution < -0.4 is 4.90 Å². The molecule has 3 N–H and O–H groups in total. The number of Topliss-reactive ketones (excluding diaryl/α,β-unsaturated/α-hetero) is 1. The Hall–Kier alpha value is -1.27. The summed E-state index contributed by atoms with van der Waals surface area (Å²) in [5, 5.41) is 20.6. The summed E-state index contributed by atoms with van der Waals surface area (Å²) in [6.07, 6.45) is -2.07. The minimum absolute atomic E-state index is 0.312. The number of ketones is 1. The maximum atomic E-state index is 12.2. The molecule has 5 heteroatoms. The first-order valence-electron chi connectivity index (χ1n) is 6.94. The molecule has 1 fully saturated rings. The van der Waals surface area contributed by atoms with Gasteiger partial charge in [-0.05, 0) is 18.2 Å². The molecule has 0 amide bonds. The number of benzene rings is 1. The molecule has 0 saturated carbocycles. The van der Waals surface area contributed by atoms with Crippen LogP contribution in [0.4, 0.5) is 0 Å². The van der Waals surface area contributed by atoms with Gasteiger partial charge in [0, 0.05) is 11.7 Å². The van der Waals surface area contributed by atoms with E-state index in [1.807, 2.05) is 0 Å². The van der Waals surface area contributed by atoms with Gasteiger partial charge in [-0.1, -0.05) is 24.3 Å². The van der Waals surface area contributed by atoms with Crippen molar-refractivity contribution in [3.63, 3.8) is 0 Å². The van der Waals surface area contributed by atoms with Crippen molar-refractivity contribution in [3.05, 3.63) is 41.3 Å². The zero-order valence-electron chi connectivity index (χ0n) is 11.2. The van der Waals surface area contributed by atoms with E-state index in [1.165, 1.54) is 4.90 Å². The summed E-state index contributed by atoms with van der Waals surface area (Å²) < 4.78 is 5.30. The summed E-state index contributed by atoms with van der Waals surface area (Å²) in [5.74, 6) is 0.194. The molecular weight excluding hydrogens is 258 g/mol. The van der Waals surface area contributed by atoms with Crippen LogP contribution in [-0.2, 0) is 4.74 Å². The van der Waals surface area contributed by atoms with Crippen molar-refractivity contribution in [2.45, 2.75) is 12.2 Å². The molecule has 0 aromatic heterocycles. The summed E-state index contributed by atoms with van der Waals surface area (Å²) in [6.45, 7) is 3.53. The molecule has 5 nitrogen and oxygen atoms in total. The van der Waals surface area contributed by atoms with Crippen LogP contribution in [0, 0.1) is 5.92 Å². The highest BCUT2D eigenvalue weighted by atomic mass is 16.5. The Morgan fingerprint density at radius 3 is 2.65 bits per heavy atom. The van der Waals surface area contributed by atoms with Gasteiger partial charge < -0.3 is 19.8 Å². The highest BCUT2D eigenvalue weighted by Gasteiger charge is 2.32. The predicted octanol–water partition coefficient (Wildman–Crippen LogP) is -1.23. The molecule has 0 radical (unpaired) electrons. The predicted molar refractivity (Wildman–Crippen MR) is 71.4 cm³/mol. The second-order valence-corrected chi connectivity index (χ2v) is 5.37. The average molecular weight is 277 g/mol. The van der Waals surface area contributed by atoms with Gasteiger partial charge in [0.2, 0.25) is 0 Å². The van der Waals surface area contributed by atoms with E-state index in [-0.39, 0.29) is 5.78 Å². The van der Waals surface area contributed by atoms with Crippen molar-refractivity contribution in [1.82, 2.24) is 0 Å². The van der Waals surface area contributed by atoms with E-state index in [1.54, 1.807) is 24.3 Å². The van der Waals surface area contributed by atoms with E-state index in [0.29, 0.717) is 36.8 Å². The molecule has 2 atom stereocenters. The van der Waals surface area contributed by atoms with Gasteiger partial charge in [-0.15, -0.1) is 0 Å². The smallest absolute Gasteiger partial charge is 0.161 e. The molecular formula is C15H19NO4. The first-order valence-corrected chi connectivity index (χ1v) is 6.94. The number of ether oxygens (including phenoxy) is 1. The zero-order chi connectivity index (χ0) is 14.1. The maximum absolute atomic E-state index is 12.2. The van der Waals surface area contributed by atoms with Crippen LogP contribution >= 0.6 is 0 Å². The lowest BCUT2D eigenvalue weighted by Gasteiger charge is -2.45. The molecule has 1 aliphatic carbocycles. The van der Waals surface area contributed by atoms with Crippen molar-refractivity contribution >= 4 is 5.78 Å². The van der Waals surface area contributed by atoms with Crippen LogP contribution in [-0.4, -0.2) is 54.9 Å². The third kappa shape index (κ3) is 2.38. The van der Waals surface area contributed by atoms with Crippen LogP contribution in [0.5, 0.6) is 0 Å². The van der Waals surface area contributed by atoms with Crippen molar-refractivity contribution in [2.75, 3.05) is 32.8 Å². The van der Waals surface area contributed by atoms with Gasteiger partial charge in [0.25, 0.3) is 0 Å². The van der Waals surface area contributed by atoms with Crippen LogP contribution in [0.25, 0.3) is 0 Å². The lowest BCUT2D eigenvalue weighted by atomic mass is 9.78. The van der Waals surface area contributed by atoms with Gasteiger partial charge in [0.05, 0.1) is 26.3 Å². The molecule has 0 bridgehead atoms. The second-order valence-electron chi connectivity index (χ2n) is 5.37. The average Bonchev–Trinajstić information content (AvgIpc) is 2.50. The fraction of sp³-hybridized carbons (Fsp3) is 0.467. The number of aliphatic hydroxyl groups excluding tert-OH is 2. The highest BCUT2D eigenvalue weighted by molar-refractivity contribution is 6.03. The van der Waals surface area contributed by atoms with E-state index in [9.17, 15) is 15.0 Å². The summed E-state index contributed by atoms with van der Waals surface area (Å²) in [6, 6.07) is 6.95. The topological polar surface area (TPSA) is 71.2 Å². The van der Waals surface area contributed by atoms with Crippen LogP contribution in [0.3, 0.4) is 0 Å². The molecule has 1 saturated heterocycles. The molecule has 1 heterocycles. The lowest BCUT2D eigenvalue weighted by Crippen LogP contribution is -3.14. The summed E-state index contributed by atoms with van der Waals surface area (Å²) in [4.78, 5) is 13.4. The van der Waals surface area contributed by atoms with E-state index in [2.05, 4.69) is 0 Å². The first-order chi connectivity index (χ1) is 9.68. The summed E-state index contributed by atoms with van der Waals surface area (Å²) in [7, 11) is 0. The number of rotatable bonds is 2. The SMILES string of the molecule is O=C1c2ccccc2C(O)[C-](C[NH+]2CCOCC2)C1O. The van der Waals surface area contributed by atoms with Crippen molar-refractivity contribution in [3.8, 4) is 0 Å². The molecule has 0 spiro atoms. The Balaban J connectivity index is 1.83. The first kappa shape index (κ1) is 13.7. The number of fused-ring (bicyclic) bond motifs is 1. The number of nitrogens with one attached hydrogen (secondary N) is 1. The number of carbonyl (C=O) groups is 1. The van der Waals surface area contributed by atoms with Crippen molar-refractivity contribution < 1.29 is 24.6 Å². The Morgan fingerprint density at radius 2 is 1.90 bits per heavy atom. The van der Waals surface area contributed by atoms with Gasteiger partial charge in [0.1, 0.15) is 0 Å². The Kier molecular flexibility index (Phi) is 3.85. The third-order valence-corrected chi connectivity index (χ3v) is 4.13. The van der Waals surface area contributed by atoms with E-state index >= 15 is 0 Å². The van der Waals surface area contributed by atoms with Gasteiger partial charge in [-0.3, -0.25) is 4.79 Å². The summed E-state index contributed by atoms with van der Waals surface area (Å²) in [5.41, 5.74) is 1.03. The Morgan fingerprint density at radius 1 is 1.20 bits per heavy atom. The standard InChI is InChI=1S/C15H18NO4/c17-13-10-3-1-2-4-11(10)14(18)15(19)12(13)9-16-5-7-20-8-6-16/h1-4,13,15,17,19H,5-9H2/q-1/p+1. The molecule has 108 valence electrons. The molecule has 1 aliphatic heterocycles. The van der Waals surface area contributed by atoms with Gasteiger partial charge >= 0.3 is 0 Å². The molecule has 3 rings (SSSR count). The van der Waals surface area contributed by atoms with Crippen molar-refractivity contribution in [1.29, 1.82) is 0 Å². The molecule has 1 aromatic carbocycles. The van der Waals surface area contributed by atoms with Crippen LogP contribution in [0.1, 0.15) is 22.0 Å². The normalized spacial score (nSPS) is 28.4. The second kappa shape index (κ2) is 5.61. The minimum Gasteiger partial charge on any atom is -0.420 e. The minimum atomic E-state index is -1.20. The molecule has 1 aromatic rings. The van der Waals surface area contributed by atoms with Gasteiger partial charge in [0.15, 0.2) is 5.78 Å². The van der Waals surface area contributed by atoms with Crippen LogP contribution in [0.2, 0.25) is 0 Å². The van der Waals surface area contributed by atoms with Gasteiger partial charge in [-0.2, -0.15) is 5.92 Å². The number of quaternary nitrogens is 1. The highest BCUT2D eigenvalue weighted by Crippen LogP contribution is 2.35. The third-order valence-electron chi connectivity index (χ3n) is 4.13. The van der Waals surface area contributed by atoms with E-state index < -0.39 is 12.2 Å². The Bertz CT molecular complexity index is 498. The largest absolute Gasteiger partial charge is 0.420 e. The Labute approximate surface area is 117 Å². The van der Waals surface area contributed by atoms with Crippen molar-refractivity contribution in [2.24, 2.45) is 0 Å². The molecule has 20 heavy (non-hydrogen) atoms. The van der Waals surface area contributed by atoms with Gasteiger partial charge in [-0.25, -0.2) is 0 Å². The lowest BCUT2D eigenvalue weighted by molar-refractivity contribution is -0.906. The number of morpholine rings is 1. The maximum Gasteiger partial charge on any atom is 0.161 e. The summed E-state index contributed by atoms with van der Waals surface area (Å²) >= 11 is 0. The zero-order valence-corrected chi connectivity index (χ0v) is 11.2. The number of aliphatic hydroxyl groups is 2. The quantitative estimate of drug-likeness (QED) is 0.592. The monoisotopic (exact) mass is 277 g/mol. The number of hydrogen-bond donors (Lipinski definition) is 3. The fourth-order valence-electron chi connectivity index (χ4n) is 2.94. The molecule has 2 aliphatic rings. The van der Waals surface area contributed by atoms with Crippen LogP contribution in [0.15, 0.2) is 24.3 Å². The van der Waals surface area contributed by atoms with E-state index in [4.69, 9.17) is 4.74 Å². The fourth-order valence-corrected chi connectivity index (χ4v) is 2.94. The number of carbonyl (C=O) groups excluding carboxylic acids is 1.